The summed E-state index contributed by atoms with van der Waals surface area (Å²) in [6.45, 7) is -2.13. The first-order valence-corrected chi connectivity index (χ1v) is 9.38. The van der Waals surface area contributed by atoms with Gasteiger partial charge in [0.25, 0.3) is 11.8 Å². The summed E-state index contributed by atoms with van der Waals surface area (Å²) in [7, 11) is 0. The van der Waals surface area contributed by atoms with Gasteiger partial charge in [-0.1, -0.05) is 0 Å². The summed E-state index contributed by atoms with van der Waals surface area (Å²) in [6, 6.07) is 5.22. The Bertz CT molecular complexity index is 1080. The number of alkyl halides is 5. The van der Waals surface area contributed by atoms with E-state index in [1.54, 1.807) is 0 Å². The molecule has 2 aromatic rings. The van der Waals surface area contributed by atoms with Crippen LogP contribution in [0.5, 0.6) is 5.75 Å². The minimum atomic E-state index is -4.65. The number of pyridine rings is 1. The average Bonchev–Trinajstić information content (AvgIpc) is 2.82. The maximum atomic E-state index is 14.8. The van der Waals surface area contributed by atoms with E-state index < -0.39 is 59.6 Å². The second-order valence-electron chi connectivity index (χ2n) is 7.28. The number of hydrogen-bond acceptors (Lipinski definition) is 6. The number of rotatable bonds is 5. The molecular formula is C20H18F6N4O3. The Labute approximate surface area is 183 Å². The molecule has 1 atom stereocenters. The molecule has 2 heterocycles. The molecule has 0 aliphatic carbocycles. The van der Waals surface area contributed by atoms with Crippen molar-refractivity contribution in [3.8, 4) is 5.75 Å². The molecule has 0 fully saturated rings. The number of carbonyl (C=O) groups excluding carboxylic acids is 1. The molecule has 7 nitrogen and oxygen atoms in total. The maximum absolute atomic E-state index is 14.8. The number of anilines is 1. The van der Waals surface area contributed by atoms with E-state index in [0.717, 1.165) is 37.4 Å². The highest BCUT2D eigenvalue weighted by Crippen LogP contribution is 2.44. The Morgan fingerprint density at radius 1 is 1.30 bits per heavy atom. The van der Waals surface area contributed by atoms with Crippen LogP contribution in [0.25, 0.3) is 0 Å². The fraction of sp³-hybridized carbons (Fsp3) is 0.350. The van der Waals surface area contributed by atoms with Crippen molar-refractivity contribution in [1.29, 1.82) is 0 Å². The largest absolute Gasteiger partial charge is 0.482 e. The molecule has 0 spiro atoms. The first-order chi connectivity index (χ1) is 15.3. The summed E-state index contributed by atoms with van der Waals surface area (Å²) in [5.41, 5.74) is 1.93. The summed E-state index contributed by atoms with van der Waals surface area (Å²) in [5, 5.41) is 2.29. The van der Waals surface area contributed by atoms with E-state index >= 15 is 0 Å². The highest BCUT2D eigenvalue weighted by molar-refractivity contribution is 6.04. The van der Waals surface area contributed by atoms with Gasteiger partial charge in [0.05, 0.1) is 0 Å². The number of carbonyl (C=O) groups is 1. The van der Waals surface area contributed by atoms with Crippen molar-refractivity contribution in [2.75, 3.05) is 25.1 Å². The number of halogens is 6. The molecule has 0 saturated carbocycles. The average molecular weight is 476 g/mol. The van der Waals surface area contributed by atoms with E-state index in [4.69, 9.17) is 10.5 Å². The lowest BCUT2D eigenvalue weighted by Gasteiger charge is -2.33. The van der Waals surface area contributed by atoms with Gasteiger partial charge in [0.1, 0.15) is 24.9 Å². The zero-order valence-corrected chi connectivity index (χ0v) is 17.0. The van der Waals surface area contributed by atoms with Gasteiger partial charge < -0.3 is 20.5 Å². The number of aromatic nitrogens is 1. The van der Waals surface area contributed by atoms with Crippen LogP contribution in [0.15, 0.2) is 41.5 Å². The van der Waals surface area contributed by atoms with Crippen LogP contribution in [0.3, 0.4) is 0 Å². The second kappa shape index (κ2) is 8.89. The Kier molecular flexibility index (Phi) is 6.54. The van der Waals surface area contributed by atoms with Crippen LogP contribution in [-0.2, 0) is 10.3 Å². The van der Waals surface area contributed by atoms with E-state index in [2.05, 4.69) is 20.0 Å². The molecule has 33 heavy (non-hydrogen) atoms. The van der Waals surface area contributed by atoms with Crippen LogP contribution in [-0.4, -0.2) is 48.6 Å². The predicted octanol–water partition coefficient (Wildman–Crippen LogP) is 3.65. The van der Waals surface area contributed by atoms with Crippen molar-refractivity contribution in [3.05, 3.63) is 53.6 Å². The van der Waals surface area contributed by atoms with E-state index in [-0.39, 0.29) is 18.1 Å². The lowest BCUT2D eigenvalue weighted by atomic mass is 9.85. The number of nitrogens with zero attached hydrogens (tertiary/aromatic N) is 2. The van der Waals surface area contributed by atoms with Gasteiger partial charge in [-0.15, -0.1) is 0 Å². The van der Waals surface area contributed by atoms with Gasteiger partial charge >= 0.3 is 6.18 Å². The third-order valence-electron chi connectivity index (χ3n) is 4.74. The monoisotopic (exact) mass is 476 g/mol. The zero-order chi connectivity index (χ0) is 24.4. The van der Waals surface area contributed by atoms with Gasteiger partial charge in [0, 0.05) is 17.4 Å². The van der Waals surface area contributed by atoms with Gasteiger partial charge in [-0.05, 0) is 37.3 Å². The highest BCUT2D eigenvalue weighted by atomic mass is 19.4. The first-order valence-electron chi connectivity index (χ1n) is 9.38. The fourth-order valence-corrected chi connectivity index (χ4v) is 3.09. The predicted molar refractivity (Wildman–Crippen MR) is 105 cm³/mol. The lowest BCUT2D eigenvalue weighted by molar-refractivity contribution is -0.153. The summed E-state index contributed by atoms with van der Waals surface area (Å²) >= 11 is 0. The van der Waals surface area contributed by atoms with Crippen molar-refractivity contribution in [2.24, 2.45) is 10.7 Å². The topological polar surface area (TPSA) is 98.8 Å². The lowest BCUT2D eigenvalue weighted by Crippen LogP contribution is -2.45. The first kappa shape index (κ1) is 24.3. The SMILES string of the molecule is C[C@]1(c2cc(NC(=O)c3ncccc3OCC(F)(F)F)ccc2F)N=C(N)COCC1(F)F. The molecule has 0 radical (unpaired) electrons. The van der Waals surface area contributed by atoms with E-state index in [9.17, 15) is 31.1 Å². The molecule has 1 aromatic carbocycles. The Hall–Kier alpha value is -3.35. The molecule has 178 valence electrons. The molecular weight excluding hydrogens is 458 g/mol. The summed E-state index contributed by atoms with van der Waals surface area (Å²) in [4.78, 5) is 20.1. The maximum Gasteiger partial charge on any atom is 0.422 e. The van der Waals surface area contributed by atoms with Crippen LogP contribution in [0.1, 0.15) is 23.0 Å². The fourth-order valence-electron chi connectivity index (χ4n) is 3.09. The van der Waals surface area contributed by atoms with Crippen molar-refractivity contribution < 1.29 is 40.6 Å². The standard InChI is InChI=1S/C20H18F6N4O3/c1-18(19(22,23)9-32-8-15(27)30-18)12-7-11(4-5-13(12)21)29-17(31)16-14(3-2-6-28-16)33-10-20(24,25)26/h2-7H,8-10H2,1H3,(H2,27,30)(H,29,31)/t18-/m1/s1. The number of amides is 1. The minimum Gasteiger partial charge on any atom is -0.482 e. The summed E-state index contributed by atoms with van der Waals surface area (Å²) in [5.74, 6) is -6.43. The van der Waals surface area contributed by atoms with Crippen LogP contribution >= 0.6 is 0 Å². The second-order valence-corrected chi connectivity index (χ2v) is 7.28. The van der Waals surface area contributed by atoms with Crippen LogP contribution < -0.4 is 15.8 Å². The number of nitrogens with one attached hydrogen (secondary N) is 1. The molecule has 13 heteroatoms. The smallest absolute Gasteiger partial charge is 0.422 e. The third-order valence-corrected chi connectivity index (χ3v) is 4.74. The quantitative estimate of drug-likeness (QED) is 0.642. The van der Waals surface area contributed by atoms with Crippen LogP contribution in [0.4, 0.5) is 32.0 Å². The van der Waals surface area contributed by atoms with E-state index in [1.807, 2.05) is 0 Å². The number of benzene rings is 1. The molecule has 1 aliphatic heterocycles. The van der Waals surface area contributed by atoms with E-state index in [1.165, 1.54) is 6.07 Å². The van der Waals surface area contributed by atoms with E-state index in [0.29, 0.717) is 0 Å². The van der Waals surface area contributed by atoms with Gasteiger partial charge in [0.15, 0.2) is 23.6 Å². The number of hydrogen-bond donors (Lipinski definition) is 2. The minimum absolute atomic E-state index is 0.139. The summed E-state index contributed by atoms with van der Waals surface area (Å²) < 4.78 is 91.0. The van der Waals surface area contributed by atoms with Crippen molar-refractivity contribution in [3.63, 3.8) is 0 Å². The molecule has 0 saturated heterocycles. The number of ether oxygens (including phenoxy) is 2. The molecule has 3 N–H and O–H groups in total. The van der Waals surface area contributed by atoms with Crippen molar-refractivity contribution in [1.82, 2.24) is 4.98 Å². The molecule has 3 rings (SSSR count). The van der Waals surface area contributed by atoms with Crippen molar-refractivity contribution >= 4 is 17.4 Å². The molecule has 1 aromatic heterocycles. The van der Waals surface area contributed by atoms with Gasteiger partial charge in [-0.2, -0.15) is 13.2 Å². The third kappa shape index (κ3) is 5.35. The van der Waals surface area contributed by atoms with Crippen molar-refractivity contribution in [2.45, 2.75) is 24.6 Å². The number of aliphatic imine (C=N–C) groups is 1. The van der Waals surface area contributed by atoms with Gasteiger partial charge in [0.2, 0.25) is 0 Å². The normalized spacial score (nSPS) is 20.5. The number of amidine groups is 1. The molecule has 1 aliphatic rings. The Morgan fingerprint density at radius 3 is 2.73 bits per heavy atom. The zero-order valence-electron chi connectivity index (χ0n) is 17.0. The Morgan fingerprint density at radius 2 is 2.03 bits per heavy atom. The van der Waals surface area contributed by atoms with Gasteiger partial charge in [-0.25, -0.2) is 18.2 Å². The molecule has 1 amide bonds. The molecule has 0 unspecified atom stereocenters. The molecule has 0 bridgehead atoms. The van der Waals surface area contributed by atoms with Crippen LogP contribution in [0.2, 0.25) is 0 Å². The highest BCUT2D eigenvalue weighted by Gasteiger charge is 2.54. The van der Waals surface area contributed by atoms with Crippen LogP contribution in [0, 0.1) is 5.82 Å². The number of nitrogens with two attached hydrogens (primary N) is 1. The van der Waals surface area contributed by atoms with Gasteiger partial charge in [-0.3, -0.25) is 9.79 Å². The Balaban J connectivity index is 1.93. The summed E-state index contributed by atoms with van der Waals surface area (Å²) in [6.07, 6.45) is -3.50.